The van der Waals surface area contributed by atoms with Crippen LogP contribution in [0.15, 0.2) is 24.3 Å². The molecule has 0 aliphatic carbocycles. The standard InChI is InChI=1S/C18H28O13.K.H/c1-2-3-4-5-11(21)31-27-7-10-12(22)14(24)15(25)17(28-10)30-18(8-20)16(26)13(23)9(6-19)29-18;;/h2-5,9-10,12-17,19-20,22-26H,6-8H2,1H3;;/q;+1;-1/b3-2+,5-4+;;/t9-,10-,12-,13-,14+,15-,16+,17-,18+;;/m1../s1. The zero-order valence-corrected chi connectivity index (χ0v) is 20.8. The summed E-state index contributed by atoms with van der Waals surface area (Å²) >= 11 is 0. The van der Waals surface area contributed by atoms with Gasteiger partial charge in [0.1, 0.15) is 55.9 Å². The number of carbonyl (C=O) groups excluding carboxylic acids is 1. The van der Waals surface area contributed by atoms with Crippen LogP contribution in [-0.2, 0) is 28.8 Å². The molecule has 14 heteroatoms. The van der Waals surface area contributed by atoms with Crippen molar-refractivity contribution in [3.8, 4) is 0 Å². The number of rotatable bonds is 9. The van der Waals surface area contributed by atoms with Crippen molar-refractivity contribution < 1.29 is 117 Å². The second kappa shape index (κ2) is 13.9. The Bertz CT molecular complexity index is 653. The van der Waals surface area contributed by atoms with E-state index in [9.17, 15) is 40.5 Å². The molecule has 180 valence electrons. The molecule has 32 heavy (non-hydrogen) atoms. The minimum atomic E-state index is -2.30. The van der Waals surface area contributed by atoms with Crippen molar-refractivity contribution in [2.24, 2.45) is 0 Å². The van der Waals surface area contributed by atoms with Gasteiger partial charge >= 0.3 is 57.4 Å². The summed E-state index contributed by atoms with van der Waals surface area (Å²) in [5.41, 5.74) is 0. The minimum Gasteiger partial charge on any atom is -1.00 e. The maximum Gasteiger partial charge on any atom is 1.00 e. The molecule has 0 unspecified atom stereocenters. The SMILES string of the molecule is C/C=C/C=C/C(=O)OOC[C@H]1O[C@H](O[C@]2(CO)O[C@H](CO)[C@@H](O)[C@@H]2O)[C@H](O)[C@@H](O)[C@@H]1O.[H-].[K+]. The van der Waals surface area contributed by atoms with E-state index in [1.165, 1.54) is 6.08 Å². The van der Waals surface area contributed by atoms with Crippen LogP contribution in [-0.4, -0.2) is 116 Å². The molecular formula is C18H29KO13. The summed E-state index contributed by atoms with van der Waals surface area (Å²) in [4.78, 5) is 20.6. The quantitative estimate of drug-likeness (QED) is 0.0526. The monoisotopic (exact) mass is 492 g/mol. The number of allylic oxidation sites excluding steroid dienone is 3. The van der Waals surface area contributed by atoms with Crippen LogP contribution in [0.1, 0.15) is 8.35 Å². The zero-order chi connectivity index (χ0) is 23.2. The molecule has 2 heterocycles. The second-order valence-corrected chi connectivity index (χ2v) is 6.95. The second-order valence-electron chi connectivity index (χ2n) is 6.95. The van der Waals surface area contributed by atoms with Gasteiger partial charge in [0.15, 0.2) is 6.29 Å². The van der Waals surface area contributed by atoms with Gasteiger partial charge in [-0.05, 0) is 6.92 Å². The maximum absolute atomic E-state index is 11.5. The Morgan fingerprint density at radius 3 is 2.28 bits per heavy atom. The molecule has 2 aliphatic rings. The Balaban J connectivity index is 0.00000512. The minimum absolute atomic E-state index is 0. The fourth-order valence-corrected chi connectivity index (χ4v) is 3.05. The fraction of sp³-hybridized carbons (Fsp3) is 0.722. The van der Waals surface area contributed by atoms with Crippen LogP contribution in [0.4, 0.5) is 0 Å². The third-order valence-corrected chi connectivity index (χ3v) is 4.80. The van der Waals surface area contributed by atoms with Crippen molar-refractivity contribution in [3.05, 3.63) is 24.3 Å². The topological polar surface area (TPSA) is 205 Å². The third-order valence-electron chi connectivity index (χ3n) is 4.80. The summed E-state index contributed by atoms with van der Waals surface area (Å²) in [6, 6.07) is 0. The normalized spacial score (nSPS) is 40.0. The zero-order valence-electron chi connectivity index (χ0n) is 18.6. The van der Waals surface area contributed by atoms with Crippen LogP contribution in [0.5, 0.6) is 0 Å². The van der Waals surface area contributed by atoms with Gasteiger partial charge in [0, 0.05) is 6.08 Å². The van der Waals surface area contributed by atoms with Crippen LogP contribution < -0.4 is 51.4 Å². The first-order valence-electron chi connectivity index (χ1n) is 9.46. The van der Waals surface area contributed by atoms with E-state index >= 15 is 0 Å². The van der Waals surface area contributed by atoms with Gasteiger partial charge in [0.25, 0.3) is 0 Å². The number of aliphatic hydroxyl groups is 7. The number of hydrogen-bond donors (Lipinski definition) is 7. The van der Waals surface area contributed by atoms with Gasteiger partial charge in [0.2, 0.25) is 5.79 Å². The number of ether oxygens (including phenoxy) is 3. The molecule has 0 aromatic heterocycles. The third kappa shape index (κ3) is 7.08. The number of aliphatic hydroxyl groups excluding tert-OH is 7. The Labute approximate surface area is 227 Å². The molecule has 0 spiro atoms. The van der Waals surface area contributed by atoms with E-state index < -0.39 is 80.6 Å². The molecule has 0 saturated carbocycles. The molecule has 2 saturated heterocycles. The molecule has 7 N–H and O–H groups in total. The predicted molar refractivity (Wildman–Crippen MR) is 98.7 cm³/mol. The van der Waals surface area contributed by atoms with E-state index in [1.54, 1.807) is 19.1 Å². The molecule has 0 aromatic rings. The number of hydrogen-bond acceptors (Lipinski definition) is 13. The van der Waals surface area contributed by atoms with Crippen LogP contribution >= 0.6 is 0 Å². The Morgan fingerprint density at radius 1 is 1.03 bits per heavy atom. The van der Waals surface area contributed by atoms with E-state index in [4.69, 9.17) is 19.1 Å². The summed E-state index contributed by atoms with van der Waals surface area (Å²) in [6.07, 6.45) is -7.54. The van der Waals surface area contributed by atoms with Crippen molar-refractivity contribution in [1.82, 2.24) is 0 Å². The van der Waals surface area contributed by atoms with Gasteiger partial charge in [-0.1, -0.05) is 18.2 Å². The first-order valence-corrected chi connectivity index (χ1v) is 9.46. The van der Waals surface area contributed by atoms with E-state index in [1.807, 2.05) is 0 Å². The Kier molecular flexibility index (Phi) is 13.1. The summed E-state index contributed by atoms with van der Waals surface area (Å²) < 4.78 is 15.9. The van der Waals surface area contributed by atoms with Gasteiger partial charge in [-0.15, -0.1) is 0 Å². The van der Waals surface area contributed by atoms with E-state index in [0.717, 1.165) is 6.08 Å². The molecule has 2 fully saturated rings. The molecular weight excluding hydrogens is 463 g/mol. The van der Waals surface area contributed by atoms with Crippen molar-refractivity contribution in [2.45, 2.75) is 61.7 Å². The van der Waals surface area contributed by atoms with E-state index in [2.05, 4.69) is 4.89 Å². The molecule has 0 aromatic carbocycles. The summed E-state index contributed by atoms with van der Waals surface area (Å²) in [5.74, 6) is -3.15. The summed E-state index contributed by atoms with van der Waals surface area (Å²) in [7, 11) is 0. The maximum atomic E-state index is 11.5. The van der Waals surface area contributed by atoms with Crippen LogP contribution in [0.3, 0.4) is 0 Å². The molecule has 0 radical (unpaired) electrons. The fourth-order valence-electron chi connectivity index (χ4n) is 3.05. The first kappa shape index (κ1) is 30.2. The van der Waals surface area contributed by atoms with Gasteiger partial charge < -0.3 is 51.4 Å². The first-order chi connectivity index (χ1) is 14.7. The summed E-state index contributed by atoms with van der Waals surface area (Å²) in [5, 5.41) is 69.3. The van der Waals surface area contributed by atoms with Crippen LogP contribution in [0.25, 0.3) is 0 Å². The largest absolute Gasteiger partial charge is 1.00 e. The average Bonchev–Trinajstić information content (AvgIpc) is 3.00. The van der Waals surface area contributed by atoms with Crippen LogP contribution in [0.2, 0.25) is 0 Å². The molecule has 9 atom stereocenters. The van der Waals surface area contributed by atoms with Crippen molar-refractivity contribution in [3.63, 3.8) is 0 Å². The van der Waals surface area contributed by atoms with Gasteiger partial charge in [-0.3, -0.25) is 4.89 Å². The van der Waals surface area contributed by atoms with Gasteiger partial charge in [-0.25, -0.2) is 4.79 Å². The van der Waals surface area contributed by atoms with Crippen molar-refractivity contribution in [1.29, 1.82) is 0 Å². The average molecular weight is 493 g/mol. The van der Waals surface area contributed by atoms with E-state index in [-0.39, 0.29) is 52.8 Å². The number of carbonyl (C=O) groups is 1. The predicted octanol–water partition coefficient (Wildman–Crippen LogP) is -6.66. The molecule has 2 aliphatic heterocycles. The van der Waals surface area contributed by atoms with E-state index in [0.29, 0.717) is 0 Å². The molecule has 2 rings (SSSR count). The van der Waals surface area contributed by atoms with Gasteiger partial charge in [0.05, 0.1) is 6.61 Å². The van der Waals surface area contributed by atoms with Crippen molar-refractivity contribution >= 4 is 5.97 Å². The molecule has 0 bridgehead atoms. The smallest absolute Gasteiger partial charge is 1.00 e. The molecule has 0 amide bonds. The Morgan fingerprint density at radius 2 is 1.72 bits per heavy atom. The van der Waals surface area contributed by atoms with Crippen molar-refractivity contribution in [2.75, 3.05) is 19.8 Å². The van der Waals surface area contributed by atoms with Gasteiger partial charge in [-0.2, -0.15) is 4.89 Å². The summed E-state index contributed by atoms with van der Waals surface area (Å²) in [6.45, 7) is -0.549. The Hall–Kier alpha value is 0.146. The molecule has 13 nitrogen and oxygen atoms in total. The van der Waals surface area contributed by atoms with Crippen LogP contribution in [0, 0.1) is 0 Å².